The molecule has 1 rings (SSSR count). The highest BCUT2D eigenvalue weighted by molar-refractivity contribution is 4.72. The molecule has 0 saturated carbocycles. The number of nitrogens with one attached hydrogen (secondary N) is 1. The van der Waals surface area contributed by atoms with E-state index < -0.39 is 0 Å². The Labute approximate surface area is 179 Å². The standard InChI is InChI=1S/C22H47N3O4/c1-21(2,3)23-7-14-26-17-19-28-20-18-27-15-12-24-8-10-25(11-9-24)13-16-29-22(4,5)6/h23H,7-20H2,1-6H3. The second-order valence-corrected chi connectivity index (χ2v) is 9.66. The molecule has 0 spiro atoms. The molecule has 1 aliphatic heterocycles. The van der Waals surface area contributed by atoms with Gasteiger partial charge in [0, 0.05) is 51.4 Å². The van der Waals surface area contributed by atoms with Crippen LogP contribution in [0.25, 0.3) is 0 Å². The lowest BCUT2D eigenvalue weighted by atomic mass is 10.1. The zero-order valence-electron chi connectivity index (χ0n) is 19.9. The molecule has 0 aromatic heterocycles. The zero-order valence-corrected chi connectivity index (χ0v) is 19.9. The minimum Gasteiger partial charge on any atom is -0.378 e. The Balaban J connectivity index is 1.83. The quantitative estimate of drug-likeness (QED) is 0.408. The Morgan fingerprint density at radius 3 is 1.55 bits per heavy atom. The molecule has 7 nitrogen and oxygen atoms in total. The van der Waals surface area contributed by atoms with E-state index >= 15 is 0 Å². The smallest absolute Gasteiger partial charge is 0.0701 e. The molecule has 0 atom stereocenters. The van der Waals surface area contributed by atoms with Crippen LogP contribution in [0.1, 0.15) is 41.5 Å². The maximum absolute atomic E-state index is 5.82. The average molecular weight is 418 g/mol. The first kappa shape index (κ1) is 26.8. The summed E-state index contributed by atoms with van der Waals surface area (Å²) in [5.41, 5.74) is 0.102. The highest BCUT2D eigenvalue weighted by atomic mass is 16.5. The third-order valence-corrected chi connectivity index (χ3v) is 4.61. The topological polar surface area (TPSA) is 55.4 Å². The van der Waals surface area contributed by atoms with Crippen LogP contribution in [0.4, 0.5) is 0 Å². The third-order valence-electron chi connectivity index (χ3n) is 4.61. The summed E-state index contributed by atoms with van der Waals surface area (Å²) in [6, 6.07) is 0. The van der Waals surface area contributed by atoms with Gasteiger partial charge in [-0.05, 0) is 41.5 Å². The van der Waals surface area contributed by atoms with Crippen molar-refractivity contribution in [3.63, 3.8) is 0 Å². The Hall–Kier alpha value is -0.280. The number of ether oxygens (including phenoxy) is 4. The lowest BCUT2D eigenvalue weighted by molar-refractivity contribution is -0.0198. The highest BCUT2D eigenvalue weighted by Gasteiger charge is 2.17. The fraction of sp³-hybridized carbons (Fsp3) is 1.00. The number of hydrogen-bond acceptors (Lipinski definition) is 7. The highest BCUT2D eigenvalue weighted by Crippen LogP contribution is 2.07. The van der Waals surface area contributed by atoms with Gasteiger partial charge in [0.25, 0.3) is 0 Å². The van der Waals surface area contributed by atoms with Gasteiger partial charge in [0.15, 0.2) is 0 Å². The fourth-order valence-corrected chi connectivity index (χ4v) is 2.95. The van der Waals surface area contributed by atoms with Gasteiger partial charge in [0.05, 0.1) is 51.8 Å². The zero-order chi connectivity index (χ0) is 21.6. The van der Waals surface area contributed by atoms with Gasteiger partial charge in [-0.3, -0.25) is 9.80 Å². The van der Waals surface area contributed by atoms with Crippen LogP contribution in [-0.2, 0) is 18.9 Å². The molecular formula is C22H47N3O4. The molecular weight excluding hydrogens is 370 g/mol. The largest absolute Gasteiger partial charge is 0.378 e. The van der Waals surface area contributed by atoms with Crippen molar-refractivity contribution in [2.75, 3.05) is 92.1 Å². The molecule has 1 fully saturated rings. The first-order valence-electron chi connectivity index (χ1n) is 11.2. The monoisotopic (exact) mass is 417 g/mol. The van der Waals surface area contributed by atoms with E-state index in [0.717, 1.165) is 59.0 Å². The van der Waals surface area contributed by atoms with Crippen molar-refractivity contribution in [2.45, 2.75) is 52.7 Å². The molecule has 29 heavy (non-hydrogen) atoms. The molecule has 7 heteroatoms. The summed E-state index contributed by atoms with van der Waals surface area (Å²) in [5.74, 6) is 0. The molecule has 1 aliphatic rings. The van der Waals surface area contributed by atoms with Crippen molar-refractivity contribution >= 4 is 0 Å². The first-order chi connectivity index (χ1) is 13.7. The van der Waals surface area contributed by atoms with Gasteiger partial charge in [0.2, 0.25) is 0 Å². The van der Waals surface area contributed by atoms with Crippen LogP contribution in [0.15, 0.2) is 0 Å². The van der Waals surface area contributed by atoms with Crippen LogP contribution < -0.4 is 5.32 Å². The Morgan fingerprint density at radius 2 is 1.07 bits per heavy atom. The fourth-order valence-electron chi connectivity index (χ4n) is 2.95. The number of hydrogen-bond donors (Lipinski definition) is 1. The van der Waals surface area contributed by atoms with Crippen molar-refractivity contribution in [2.24, 2.45) is 0 Å². The normalized spacial score (nSPS) is 17.2. The molecule has 1 heterocycles. The van der Waals surface area contributed by atoms with E-state index in [2.05, 4.69) is 56.7 Å². The van der Waals surface area contributed by atoms with Crippen LogP contribution in [0.2, 0.25) is 0 Å². The summed E-state index contributed by atoms with van der Waals surface area (Å²) >= 11 is 0. The maximum atomic E-state index is 5.82. The molecule has 0 bridgehead atoms. The number of rotatable bonds is 15. The minimum absolute atomic E-state index is 0.0422. The van der Waals surface area contributed by atoms with E-state index in [1.807, 2.05) is 0 Å². The van der Waals surface area contributed by atoms with E-state index in [4.69, 9.17) is 18.9 Å². The molecule has 0 unspecified atom stereocenters. The summed E-state index contributed by atoms with van der Waals surface area (Å²) in [6.45, 7) is 24.9. The molecule has 1 saturated heterocycles. The van der Waals surface area contributed by atoms with Gasteiger partial charge in [0.1, 0.15) is 0 Å². The van der Waals surface area contributed by atoms with Crippen molar-refractivity contribution < 1.29 is 18.9 Å². The van der Waals surface area contributed by atoms with Gasteiger partial charge in [-0.2, -0.15) is 0 Å². The van der Waals surface area contributed by atoms with Crippen LogP contribution in [0.3, 0.4) is 0 Å². The first-order valence-corrected chi connectivity index (χ1v) is 11.2. The Morgan fingerprint density at radius 1 is 0.621 bits per heavy atom. The molecule has 0 aromatic carbocycles. The SMILES string of the molecule is CC(C)(C)NCCOCCOCCOCCN1CCN(CCOC(C)(C)C)CC1. The van der Waals surface area contributed by atoms with Crippen LogP contribution in [0.5, 0.6) is 0 Å². The summed E-state index contributed by atoms with van der Waals surface area (Å²) < 4.78 is 22.6. The molecule has 0 radical (unpaired) electrons. The van der Waals surface area contributed by atoms with Crippen LogP contribution in [-0.4, -0.2) is 113 Å². The second-order valence-electron chi connectivity index (χ2n) is 9.66. The summed E-state index contributed by atoms with van der Waals surface area (Å²) in [6.07, 6.45) is 0. The lowest BCUT2D eigenvalue weighted by Gasteiger charge is -2.35. The van der Waals surface area contributed by atoms with Crippen LogP contribution in [0, 0.1) is 0 Å². The molecule has 0 aromatic rings. The summed E-state index contributed by atoms with van der Waals surface area (Å²) in [5, 5.41) is 3.39. The van der Waals surface area contributed by atoms with Gasteiger partial charge >= 0.3 is 0 Å². The van der Waals surface area contributed by atoms with Crippen molar-refractivity contribution in [3.05, 3.63) is 0 Å². The minimum atomic E-state index is -0.0422. The van der Waals surface area contributed by atoms with E-state index in [-0.39, 0.29) is 11.1 Å². The van der Waals surface area contributed by atoms with E-state index in [0.29, 0.717) is 33.0 Å². The predicted octanol–water partition coefficient (Wildman–Crippen LogP) is 1.86. The van der Waals surface area contributed by atoms with Crippen LogP contribution >= 0.6 is 0 Å². The summed E-state index contributed by atoms with van der Waals surface area (Å²) in [7, 11) is 0. The molecule has 1 N–H and O–H groups in total. The predicted molar refractivity (Wildman–Crippen MR) is 119 cm³/mol. The molecule has 0 aliphatic carbocycles. The molecule has 0 amide bonds. The Kier molecular flexibility index (Phi) is 13.5. The van der Waals surface area contributed by atoms with Gasteiger partial charge < -0.3 is 24.3 Å². The maximum Gasteiger partial charge on any atom is 0.0701 e. The second kappa shape index (κ2) is 14.7. The van der Waals surface area contributed by atoms with Crippen molar-refractivity contribution in [1.82, 2.24) is 15.1 Å². The third kappa shape index (κ3) is 17.1. The van der Waals surface area contributed by atoms with E-state index in [1.165, 1.54) is 0 Å². The van der Waals surface area contributed by atoms with Crippen molar-refractivity contribution in [1.29, 1.82) is 0 Å². The van der Waals surface area contributed by atoms with E-state index in [9.17, 15) is 0 Å². The van der Waals surface area contributed by atoms with Gasteiger partial charge in [-0.1, -0.05) is 0 Å². The molecule has 174 valence electrons. The lowest BCUT2D eigenvalue weighted by Crippen LogP contribution is -2.48. The average Bonchev–Trinajstić information content (AvgIpc) is 2.62. The van der Waals surface area contributed by atoms with Crippen molar-refractivity contribution in [3.8, 4) is 0 Å². The summed E-state index contributed by atoms with van der Waals surface area (Å²) in [4.78, 5) is 4.96. The number of nitrogens with zero attached hydrogens (tertiary/aromatic N) is 2. The van der Waals surface area contributed by atoms with Gasteiger partial charge in [-0.25, -0.2) is 0 Å². The van der Waals surface area contributed by atoms with E-state index in [1.54, 1.807) is 0 Å². The Bertz CT molecular complexity index is 388. The number of piperazine rings is 1. The van der Waals surface area contributed by atoms with Gasteiger partial charge in [-0.15, -0.1) is 0 Å².